The number of rotatable bonds is 4. The van der Waals surface area contributed by atoms with Crippen molar-refractivity contribution in [3.63, 3.8) is 0 Å². The lowest BCUT2D eigenvalue weighted by Gasteiger charge is -2.40. The highest BCUT2D eigenvalue weighted by Gasteiger charge is 2.29. The van der Waals surface area contributed by atoms with Gasteiger partial charge in [-0.2, -0.15) is 9.61 Å². The van der Waals surface area contributed by atoms with Crippen molar-refractivity contribution in [1.29, 1.82) is 0 Å². The maximum atomic E-state index is 12.9. The molecule has 1 aliphatic rings. The smallest absolute Gasteiger partial charge is 0.224 e. The van der Waals surface area contributed by atoms with Crippen LogP contribution in [-0.2, 0) is 11.2 Å². The molecule has 1 fully saturated rings. The van der Waals surface area contributed by atoms with Crippen molar-refractivity contribution in [1.82, 2.24) is 19.9 Å². The van der Waals surface area contributed by atoms with Gasteiger partial charge in [0.25, 0.3) is 0 Å². The first-order valence-corrected chi connectivity index (χ1v) is 7.76. The number of amides is 1. The van der Waals surface area contributed by atoms with E-state index in [9.17, 15) is 9.18 Å². The molecule has 0 unspecified atom stereocenters. The number of benzene rings is 1. The first kappa shape index (κ1) is 14.6. The van der Waals surface area contributed by atoms with Gasteiger partial charge >= 0.3 is 0 Å². The highest BCUT2D eigenvalue weighted by molar-refractivity contribution is 5.79. The number of hydrogen-bond acceptors (Lipinski definition) is 4. The first-order chi connectivity index (χ1) is 11.7. The molecule has 2 aromatic heterocycles. The van der Waals surface area contributed by atoms with Crippen LogP contribution in [0.3, 0.4) is 0 Å². The molecule has 0 saturated carbocycles. The number of fused-ring (bicyclic) bond motifs is 1. The maximum absolute atomic E-state index is 12.9. The summed E-state index contributed by atoms with van der Waals surface area (Å²) in [7, 11) is 0. The lowest BCUT2D eigenvalue weighted by atomic mass is 10.1. The number of nitrogens with zero attached hydrogens (tertiary/aromatic N) is 4. The van der Waals surface area contributed by atoms with Crippen molar-refractivity contribution in [3.8, 4) is 0 Å². The molecule has 122 valence electrons. The van der Waals surface area contributed by atoms with Gasteiger partial charge in [0.2, 0.25) is 5.91 Å². The SMILES string of the molecule is O=C(Cc1ccc(F)cc1)NC1CN(c2ccnc3ccnn23)C1. The second kappa shape index (κ2) is 5.92. The number of halogens is 1. The summed E-state index contributed by atoms with van der Waals surface area (Å²) in [5.41, 5.74) is 1.61. The fourth-order valence-corrected chi connectivity index (χ4v) is 2.88. The Kier molecular flexibility index (Phi) is 3.60. The van der Waals surface area contributed by atoms with Crippen molar-refractivity contribution in [2.45, 2.75) is 12.5 Å². The fraction of sp³-hybridized carbons (Fsp3) is 0.235. The molecule has 0 aliphatic carbocycles. The molecule has 1 N–H and O–H groups in total. The highest BCUT2D eigenvalue weighted by atomic mass is 19.1. The zero-order valence-corrected chi connectivity index (χ0v) is 12.9. The van der Waals surface area contributed by atoms with Crippen LogP contribution in [0.2, 0.25) is 0 Å². The number of anilines is 1. The van der Waals surface area contributed by atoms with Crippen LogP contribution in [0.25, 0.3) is 5.65 Å². The van der Waals surface area contributed by atoms with E-state index in [2.05, 4.69) is 20.3 Å². The Morgan fingerprint density at radius 2 is 1.96 bits per heavy atom. The van der Waals surface area contributed by atoms with Gasteiger partial charge in [-0.1, -0.05) is 12.1 Å². The summed E-state index contributed by atoms with van der Waals surface area (Å²) in [6, 6.07) is 9.87. The molecule has 24 heavy (non-hydrogen) atoms. The van der Waals surface area contributed by atoms with Crippen LogP contribution in [0.15, 0.2) is 48.8 Å². The Hall–Kier alpha value is -2.96. The van der Waals surface area contributed by atoms with Crippen LogP contribution in [0.5, 0.6) is 0 Å². The van der Waals surface area contributed by atoms with Crippen molar-refractivity contribution >= 4 is 17.4 Å². The third-order valence-corrected chi connectivity index (χ3v) is 4.12. The van der Waals surface area contributed by atoms with Gasteiger partial charge in [-0.15, -0.1) is 0 Å². The van der Waals surface area contributed by atoms with E-state index in [0.717, 1.165) is 30.1 Å². The summed E-state index contributed by atoms with van der Waals surface area (Å²) < 4.78 is 14.7. The van der Waals surface area contributed by atoms with E-state index in [0.29, 0.717) is 0 Å². The zero-order valence-electron chi connectivity index (χ0n) is 12.9. The summed E-state index contributed by atoms with van der Waals surface area (Å²) in [5.74, 6) is 0.621. The highest BCUT2D eigenvalue weighted by Crippen LogP contribution is 2.20. The van der Waals surface area contributed by atoms with Crippen LogP contribution < -0.4 is 10.2 Å². The predicted octanol–water partition coefficient (Wildman–Crippen LogP) is 1.42. The predicted molar refractivity (Wildman–Crippen MR) is 87.2 cm³/mol. The number of carbonyl (C=O) groups is 1. The summed E-state index contributed by atoms with van der Waals surface area (Å²) >= 11 is 0. The second-order valence-corrected chi connectivity index (χ2v) is 5.88. The Balaban J connectivity index is 1.33. The van der Waals surface area contributed by atoms with E-state index < -0.39 is 0 Å². The van der Waals surface area contributed by atoms with Gasteiger partial charge in [-0.05, 0) is 23.8 Å². The molecular weight excluding hydrogens is 309 g/mol. The monoisotopic (exact) mass is 325 g/mol. The topological polar surface area (TPSA) is 62.5 Å². The standard InChI is InChI=1S/C17H16FN5O/c18-13-3-1-12(2-4-13)9-16(24)21-14-10-22(11-14)17-6-7-19-15-5-8-20-23(15)17/h1-8,14H,9-11H2,(H,21,24). The molecule has 3 heterocycles. The van der Waals surface area contributed by atoms with Gasteiger partial charge in [-0.25, -0.2) is 9.37 Å². The van der Waals surface area contributed by atoms with E-state index >= 15 is 0 Å². The normalized spacial score (nSPS) is 14.6. The van der Waals surface area contributed by atoms with Gasteiger partial charge in [0.05, 0.1) is 18.7 Å². The summed E-state index contributed by atoms with van der Waals surface area (Å²) in [4.78, 5) is 18.4. The molecule has 1 amide bonds. The maximum Gasteiger partial charge on any atom is 0.224 e. The molecule has 7 heteroatoms. The molecule has 0 bridgehead atoms. The van der Waals surface area contributed by atoms with Gasteiger partial charge in [0.15, 0.2) is 5.65 Å². The lowest BCUT2D eigenvalue weighted by Crippen LogP contribution is -2.60. The molecule has 6 nitrogen and oxygen atoms in total. The molecule has 1 saturated heterocycles. The largest absolute Gasteiger partial charge is 0.352 e. The minimum absolute atomic E-state index is 0.0507. The number of nitrogens with one attached hydrogen (secondary N) is 1. The molecular formula is C17H16FN5O. The zero-order chi connectivity index (χ0) is 16.5. The molecule has 0 radical (unpaired) electrons. The van der Waals surface area contributed by atoms with Gasteiger partial charge < -0.3 is 10.2 Å². The molecule has 1 aliphatic heterocycles. The minimum atomic E-state index is -0.295. The van der Waals surface area contributed by atoms with E-state index in [1.165, 1.54) is 12.1 Å². The number of aromatic nitrogens is 3. The molecule has 1 aromatic carbocycles. The Morgan fingerprint density at radius 3 is 2.75 bits per heavy atom. The Morgan fingerprint density at radius 1 is 1.17 bits per heavy atom. The Bertz CT molecular complexity index is 870. The van der Waals surface area contributed by atoms with E-state index in [1.807, 2.05) is 12.1 Å². The Labute approximate surface area is 137 Å². The van der Waals surface area contributed by atoms with Crippen LogP contribution in [-0.4, -0.2) is 39.6 Å². The lowest BCUT2D eigenvalue weighted by molar-refractivity contribution is -0.121. The average molecular weight is 325 g/mol. The van der Waals surface area contributed by atoms with E-state index in [-0.39, 0.29) is 24.2 Å². The van der Waals surface area contributed by atoms with Crippen molar-refractivity contribution in [3.05, 3.63) is 60.2 Å². The summed E-state index contributed by atoms with van der Waals surface area (Å²) in [6.45, 7) is 1.46. The van der Waals surface area contributed by atoms with Gasteiger partial charge in [0.1, 0.15) is 11.6 Å². The van der Waals surface area contributed by atoms with Crippen molar-refractivity contribution < 1.29 is 9.18 Å². The third kappa shape index (κ3) is 2.80. The summed E-state index contributed by atoms with van der Waals surface area (Å²) in [5, 5.41) is 7.27. The minimum Gasteiger partial charge on any atom is -0.352 e. The van der Waals surface area contributed by atoms with Crippen molar-refractivity contribution in [2.24, 2.45) is 0 Å². The number of carbonyl (C=O) groups excluding carboxylic acids is 1. The molecule has 0 atom stereocenters. The molecule has 0 spiro atoms. The summed E-state index contributed by atoms with van der Waals surface area (Å²) in [6.07, 6.45) is 3.73. The molecule has 4 rings (SSSR count). The number of hydrogen-bond donors (Lipinski definition) is 1. The average Bonchev–Trinajstić information content (AvgIpc) is 3.01. The fourth-order valence-electron chi connectivity index (χ4n) is 2.88. The quantitative estimate of drug-likeness (QED) is 0.788. The third-order valence-electron chi connectivity index (χ3n) is 4.12. The first-order valence-electron chi connectivity index (χ1n) is 7.76. The van der Waals surface area contributed by atoms with Crippen molar-refractivity contribution in [2.75, 3.05) is 18.0 Å². The van der Waals surface area contributed by atoms with Crippen LogP contribution >= 0.6 is 0 Å². The van der Waals surface area contributed by atoms with Crippen LogP contribution in [0.4, 0.5) is 10.2 Å². The second-order valence-electron chi connectivity index (χ2n) is 5.88. The van der Waals surface area contributed by atoms with Gasteiger partial charge in [-0.3, -0.25) is 4.79 Å². The van der Waals surface area contributed by atoms with E-state index in [1.54, 1.807) is 29.0 Å². The van der Waals surface area contributed by atoms with E-state index in [4.69, 9.17) is 0 Å². The van der Waals surface area contributed by atoms with Crippen LogP contribution in [0.1, 0.15) is 5.56 Å². The molecule has 3 aromatic rings. The van der Waals surface area contributed by atoms with Crippen LogP contribution in [0, 0.1) is 5.82 Å². The van der Waals surface area contributed by atoms with Gasteiger partial charge in [0, 0.05) is 25.4 Å².